The Balaban J connectivity index is 1.48. The number of halogens is 2. The number of alkyl halides is 1. The Morgan fingerprint density at radius 2 is 1.90 bits per heavy atom. The summed E-state index contributed by atoms with van der Waals surface area (Å²) >= 11 is 12.6. The Kier molecular flexibility index (Phi) is 5.99. The number of ketones is 1. The van der Waals surface area contributed by atoms with Gasteiger partial charge in [0.2, 0.25) is 0 Å². The van der Waals surface area contributed by atoms with Crippen molar-refractivity contribution >= 4 is 34.9 Å². The molecule has 8 heteroatoms. The Hall–Kier alpha value is -1.60. The van der Waals surface area contributed by atoms with Gasteiger partial charge in [0.05, 0.1) is 30.7 Å². The maximum Gasteiger partial charge on any atom is 0.290 e. The number of carbonyl (C=O) groups excluding carboxylic acids is 2. The van der Waals surface area contributed by atoms with Gasteiger partial charge in [-0.25, -0.2) is 0 Å². The first-order valence-corrected chi connectivity index (χ1v) is 11.8. The van der Waals surface area contributed by atoms with Gasteiger partial charge in [-0.1, -0.05) is 23.7 Å². The third kappa shape index (κ3) is 3.99. The normalized spacial score (nSPS) is 31.5. The van der Waals surface area contributed by atoms with E-state index in [0.29, 0.717) is 43.2 Å². The number of amides is 1. The quantitative estimate of drug-likeness (QED) is 0.640. The van der Waals surface area contributed by atoms with Gasteiger partial charge < -0.3 is 14.4 Å². The number of nitrogens with zero attached hydrogens (tertiary/aromatic N) is 2. The number of hydrogen-bond acceptors (Lipinski definition) is 5. The molecule has 2 fully saturated rings. The predicted molar refractivity (Wildman–Crippen MR) is 117 cm³/mol. The summed E-state index contributed by atoms with van der Waals surface area (Å²) in [5, 5.41) is 0.544. The van der Waals surface area contributed by atoms with Gasteiger partial charge in [-0.05, 0) is 37.0 Å². The van der Waals surface area contributed by atoms with Crippen LogP contribution in [0.25, 0.3) is 0 Å². The van der Waals surface area contributed by atoms with Crippen LogP contribution in [0.1, 0.15) is 30.9 Å². The molecule has 0 N–H and O–H groups in total. The van der Waals surface area contributed by atoms with E-state index < -0.39 is 6.04 Å². The van der Waals surface area contributed by atoms with E-state index >= 15 is 0 Å². The number of fused-ring (bicyclic) bond motifs is 1. The van der Waals surface area contributed by atoms with Gasteiger partial charge in [-0.2, -0.15) is 0 Å². The van der Waals surface area contributed by atoms with Gasteiger partial charge >= 0.3 is 0 Å². The summed E-state index contributed by atoms with van der Waals surface area (Å²) in [7, 11) is 0. The number of ether oxygens (including phenoxy) is 2. The van der Waals surface area contributed by atoms with Crippen molar-refractivity contribution < 1.29 is 19.1 Å². The van der Waals surface area contributed by atoms with Crippen LogP contribution in [-0.2, 0) is 19.1 Å². The van der Waals surface area contributed by atoms with E-state index in [1.165, 1.54) is 0 Å². The van der Waals surface area contributed by atoms with E-state index in [4.69, 9.17) is 32.7 Å². The van der Waals surface area contributed by atoms with Crippen LogP contribution >= 0.6 is 23.2 Å². The molecule has 4 aliphatic rings. The molecular formula is C23H26Cl2N2O4. The van der Waals surface area contributed by atoms with Crippen molar-refractivity contribution in [2.24, 2.45) is 5.92 Å². The van der Waals surface area contributed by atoms with Crippen LogP contribution in [0.15, 0.2) is 35.6 Å². The molecular weight excluding hydrogens is 439 g/mol. The van der Waals surface area contributed by atoms with Crippen molar-refractivity contribution in [1.82, 2.24) is 9.80 Å². The van der Waals surface area contributed by atoms with Crippen LogP contribution in [0.2, 0.25) is 5.02 Å². The maximum atomic E-state index is 13.6. The first kappa shape index (κ1) is 21.3. The monoisotopic (exact) mass is 464 g/mol. The molecule has 166 valence electrons. The maximum absolute atomic E-state index is 13.6. The molecule has 1 saturated carbocycles. The molecule has 0 spiro atoms. The fraction of sp³-hybridized carbons (Fsp3) is 0.565. The molecule has 4 unspecified atom stereocenters. The van der Waals surface area contributed by atoms with Crippen molar-refractivity contribution in [1.29, 1.82) is 0 Å². The standard InChI is InChI=1S/C23H26Cl2N2O4/c24-15-3-1-2-14(12-15)20-19-21(28)17-13-16(25)4-5-18(17)31-22(19)23(29)27(20)7-6-26-8-10-30-11-9-26/h1-3,12,16-18,20H,4-11,13H2. The Morgan fingerprint density at radius 3 is 2.68 bits per heavy atom. The van der Waals surface area contributed by atoms with Crippen LogP contribution in [0.4, 0.5) is 0 Å². The molecule has 0 bridgehead atoms. The van der Waals surface area contributed by atoms with E-state index in [1.807, 2.05) is 18.2 Å². The van der Waals surface area contributed by atoms with Gasteiger partial charge in [-0.3, -0.25) is 14.5 Å². The van der Waals surface area contributed by atoms with Gasteiger partial charge in [0.1, 0.15) is 6.10 Å². The lowest BCUT2D eigenvalue weighted by atomic mass is 9.77. The van der Waals surface area contributed by atoms with Crippen molar-refractivity contribution in [2.45, 2.75) is 36.8 Å². The Bertz CT molecular complexity index is 915. The van der Waals surface area contributed by atoms with E-state index in [0.717, 1.165) is 31.6 Å². The minimum atomic E-state index is -0.480. The largest absolute Gasteiger partial charge is 0.483 e. The molecule has 0 radical (unpaired) electrons. The Labute approximate surface area is 192 Å². The van der Waals surface area contributed by atoms with E-state index in [9.17, 15) is 9.59 Å². The number of Topliss-reactive ketones (excluding diaryl/α,β-unsaturated/α-hetero) is 1. The molecule has 1 aliphatic carbocycles. The number of carbonyl (C=O) groups is 2. The molecule has 1 aromatic rings. The average Bonchev–Trinajstić information content (AvgIpc) is 3.05. The first-order valence-electron chi connectivity index (χ1n) is 11.0. The highest BCUT2D eigenvalue weighted by Crippen LogP contribution is 2.47. The number of morpholine rings is 1. The summed E-state index contributed by atoms with van der Waals surface area (Å²) in [5.74, 6) is -0.258. The van der Waals surface area contributed by atoms with Gasteiger partial charge in [0, 0.05) is 36.6 Å². The summed E-state index contributed by atoms with van der Waals surface area (Å²) in [5.41, 5.74) is 1.31. The highest BCUT2D eigenvalue weighted by Gasteiger charge is 2.52. The van der Waals surface area contributed by atoms with Crippen LogP contribution in [0.5, 0.6) is 0 Å². The van der Waals surface area contributed by atoms with Gasteiger partial charge in [-0.15, -0.1) is 11.6 Å². The van der Waals surface area contributed by atoms with Gasteiger partial charge in [0.25, 0.3) is 5.91 Å². The minimum absolute atomic E-state index is 0.00352. The molecule has 1 amide bonds. The summed E-state index contributed by atoms with van der Waals surface area (Å²) in [6.07, 6.45) is 1.83. The van der Waals surface area contributed by atoms with Crippen LogP contribution in [0, 0.1) is 5.92 Å². The molecule has 1 aromatic carbocycles. The SMILES string of the molecule is O=C1C2=C(OC3CCC(Cl)CC13)C(=O)N(CCN1CCOCC1)C2c1cccc(Cl)c1. The van der Waals surface area contributed by atoms with E-state index in [2.05, 4.69) is 4.90 Å². The van der Waals surface area contributed by atoms with Crippen LogP contribution in [-0.4, -0.2) is 72.4 Å². The molecule has 6 nitrogen and oxygen atoms in total. The van der Waals surface area contributed by atoms with E-state index in [1.54, 1.807) is 11.0 Å². The molecule has 5 rings (SSSR count). The zero-order valence-corrected chi connectivity index (χ0v) is 18.8. The summed E-state index contributed by atoms with van der Waals surface area (Å²) in [6.45, 7) is 4.31. The molecule has 4 atom stereocenters. The molecule has 1 saturated heterocycles. The summed E-state index contributed by atoms with van der Waals surface area (Å²) in [6, 6.07) is 6.93. The van der Waals surface area contributed by atoms with Crippen molar-refractivity contribution in [2.75, 3.05) is 39.4 Å². The average molecular weight is 465 g/mol. The lowest BCUT2D eigenvalue weighted by Gasteiger charge is -2.37. The molecule has 0 aromatic heterocycles. The lowest BCUT2D eigenvalue weighted by Crippen LogP contribution is -2.43. The molecule has 3 heterocycles. The highest BCUT2D eigenvalue weighted by molar-refractivity contribution is 6.30. The highest BCUT2D eigenvalue weighted by atomic mass is 35.5. The lowest BCUT2D eigenvalue weighted by molar-refractivity contribution is -0.135. The topological polar surface area (TPSA) is 59.1 Å². The number of benzene rings is 1. The fourth-order valence-corrected chi connectivity index (χ4v) is 5.71. The fourth-order valence-electron chi connectivity index (χ4n) is 5.19. The zero-order valence-electron chi connectivity index (χ0n) is 17.3. The second kappa shape index (κ2) is 8.74. The van der Waals surface area contributed by atoms with Crippen molar-refractivity contribution in [3.05, 3.63) is 46.2 Å². The first-order chi connectivity index (χ1) is 15.0. The molecule has 3 aliphatic heterocycles. The van der Waals surface area contributed by atoms with Crippen molar-refractivity contribution in [3.8, 4) is 0 Å². The second-order valence-corrected chi connectivity index (χ2v) is 9.74. The van der Waals surface area contributed by atoms with Crippen molar-refractivity contribution in [3.63, 3.8) is 0 Å². The second-order valence-electron chi connectivity index (χ2n) is 8.69. The third-order valence-electron chi connectivity index (χ3n) is 6.80. The van der Waals surface area contributed by atoms with Gasteiger partial charge in [0.15, 0.2) is 11.5 Å². The summed E-state index contributed by atoms with van der Waals surface area (Å²) < 4.78 is 11.6. The predicted octanol–water partition coefficient (Wildman–Crippen LogP) is 3.19. The van der Waals surface area contributed by atoms with Crippen LogP contribution in [0.3, 0.4) is 0 Å². The third-order valence-corrected chi connectivity index (χ3v) is 7.44. The van der Waals surface area contributed by atoms with Crippen LogP contribution < -0.4 is 0 Å². The zero-order chi connectivity index (χ0) is 21.5. The Morgan fingerprint density at radius 1 is 1.10 bits per heavy atom. The number of hydrogen-bond donors (Lipinski definition) is 0. The summed E-state index contributed by atoms with van der Waals surface area (Å²) in [4.78, 5) is 31.1. The minimum Gasteiger partial charge on any atom is -0.483 e. The smallest absolute Gasteiger partial charge is 0.290 e. The van der Waals surface area contributed by atoms with E-state index in [-0.39, 0.29) is 34.8 Å². The number of rotatable bonds is 4. The molecule has 31 heavy (non-hydrogen) atoms.